The Bertz CT molecular complexity index is 351. The standard InChI is InChI=1S/C11H12ClNO/c12-9-4-1-3-8(7-9)10-5-2-6-13-11(10)14/h1,3-4,7,10H,2,5-6H2,(H,13,14). The van der Waals surface area contributed by atoms with Crippen molar-refractivity contribution in [1.82, 2.24) is 5.32 Å². The fourth-order valence-electron chi connectivity index (χ4n) is 1.81. The molecule has 0 spiro atoms. The molecule has 0 radical (unpaired) electrons. The Morgan fingerprint density at radius 2 is 2.29 bits per heavy atom. The molecule has 0 saturated carbocycles. The van der Waals surface area contributed by atoms with E-state index in [1.165, 1.54) is 0 Å². The van der Waals surface area contributed by atoms with Crippen LogP contribution in [-0.2, 0) is 4.79 Å². The van der Waals surface area contributed by atoms with E-state index >= 15 is 0 Å². The van der Waals surface area contributed by atoms with Gasteiger partial charge in [0.15, 0.2) is 0 Å². The molecule has 1 heterocycles. The SMILES string of the molecule is O=C1NCCCC1c1cccc(Cl)c1. The highest BCUT2D eigenvalue weighted by Gasteiger charge is 2.23. The zero-order valence-corrected chi connectivity index (χ0v) is 8.55. The van der Waals surface area contributed by atoms with Crippen molar-refractivity contribution in [3.8, 4) is 0 Å². The third-order valence-electron chi connectivity index (χ3n) is 2.54. The van der Waals surface area contributed by atoms with Gasteiger partial charge in [-0.2, -0.15) is 0 Å². The fraction of sp³-hybridized carbons (Fsp3) is 0.364. The predicted octanol–water partition coefficient (Wildman–Crippen LogP) is 2.33. The van der Waals surface area contributed by atoms with Gasteiger partial charge in [-0.05, 0) is 30.5 Å². The number of benzene rings is 1. The highest BCUT2D eigenvalue weighted by atomic mass is 35.5. The van der Waals surface area contributed by atoms with Crippen molar-refractivity contribution in [3.63, 3.8) is 0 Å². The number of hydrogen-bond acceptors (Lipinski definition) is 1. The van der Waals surface area contributed by atoms with Crippen LogP contribution in [0, 0.1) is 0 Å². The lowest BCUT2D eigenvalue weighted by atomic mass is 9.91. The molecule has 0 aromatic heterocycles. The Kier molecular flexibility index (Phi) is 2.73. The molecule has 0 aliphatic carbocycles. The third-order valence-corrected chi connectivity index (χ3v) is 2.77. The number of piperidine rings is 1. The van der Waals surface area contributed by atoms with E-state index in [2.05, 4.69) is 5.32 Å². The molecule has 2 rings (SSSR count). The van der Waals surface area contributed by atoms with Gasteiger partial charge in [-0.1, -0.05) is 23.7 Å². The van der Waals surface area contributed by atoms with Gasteiger partial charge < -0.3 is 5.32 Å². The minimum Gasteiger partial charge on any atom is -0.356 e. The van der Waals surface area contributed by atoms with Crippen LogP contribution < -0.4 is 5.32 Å². The average molecular weight is 210 g/mol. The summed E-state index contributed by atoms with van der Waals surface area (Å²) in [6.45, 7) is 0.801. The number of carbonyl (C=O) groups is 1. The smallest absolute Gasteiger partial charge is 0.227 e. The molecule has 1 saturated heterocycles. The van der Waals surface area contributed by atoms with E-state index < -0.39 is 0 Å². The van der Waals surface area contributed by atoms with E-state index in [1.54, 1.807) is 0 Å². The van der Waals surface area contributed by atoms with Crippen molar-refractivity contribution in [2.45, 2.75) is 18.8 Å². The van der Waals surface area contributed by atoms with E-state index in [-0.39, 0.29) is 11.8 Å². The van der Waals surface area contributed by atoms with Crippen molar-refractivity contribution in [3.05, 3.63) is 34.9 Å². The van der Waals surface area contributed by atoms with Crippen LogP contribution in [0.5, 0.6) is 0 Å². The average Bonchev–Trinajstić information content (AvgIpc) is 2.18. The molecule has 1 aliphatic heterocycles. The molecule has 0 bridgehead atoms. The fourth-order valence-corrected chi connectivity index (χ4v) is 2.01. The first-order chi connectivity index (χ1) is 6.77. The van der Waals surface area contributed by atoms with Gasteiger partial charge >= 0.3 is 0 Å². The zero-order chi connectivity index (χ0) is 9.97. The lowest BCUT2D eigenvalue weighted by Gasteiger charge is -2.22. The summed E-state index contributed by atoms with van der Waals surface area (Å²) >= 11 is 5.88. The maximum atomic E-state index is 11.6. The van der Waals surface area contributed by atoms with Crippen molar-refractivity contribution < 1.29 is 4.79 Å². The van der Waals surface area contributed by atoms with Crippen molar-refractivity contribution >= 4 is 17.5 Å². The zero-order valence-electron chi connectivity index (χ0n) is 7.79. The van der Waals surface area contributed by atoms with Gasteiger partial charge in [-0.3, -0.25) is 4.79 Å². The maximum absolute atomic E-state index is 11.6. The predicted molar refractivity (Wildman–Crippen MR) is 56.4 cm³/mol. The summed E-state index contributed by atoms with van der Waals surface area (Å²) in [7, 11) is 0. The minimum atomic E-state index is -0.0116. The minimum absolute atomic E-state index is 0.0116. The second kappa shape index (κ2) is 4.01. The molecule has 1 aliphatic rings. The van der Waals surface area contributed by atoms with Gasteiger partial charge in [0.05, 0.1) is 5.92 Å². The number of carbonyl (C=O) groups excluding carboxylic acids is 1. The second-order valence-corrected chi connectivity index (χ2v) is 3.98. The van der Waals surface area contributed by atoms with Gasteiger partial charge in [0.2, 0.25) is 5.91 Å². The first-order valence-electron chi connectivity index (χ1n) is 4.80. The van der Waals surface area contributed by atoms with Gasteiger partial charge in [-0.25, -0.2) is 0 Å². The van der Waals surface area contributed by atoms with Crippen molar-refractivity contribution in [2.75, 3.05) is 6.54 Å². The Balaban J connectivity index is 2.24. The Morgan fingerprint density at radius 1 is 1.43 bits per heavy atom. The Morgan fingerprint density at radius 3 is 3.00 bits per heavy atom. The van der Waals surface area contributed by atoms with Crippen LogP contribution in [0.3, 0.4) is 0 Å². The first kappa shape index (κ1) is 9.53. The molecular weight excluding hydrogens is 198 g/mol. The van der Waals surface area contributed by atoms with Crippen LogP contribution in [0.15, 0.2) is 24.3 Å². The van der Waals surface area contributed by atoms with Crippen molar-refractivity contribution in [2.24, 2.45) is 0 Å². The van der Waals surface area contributed by atoms with E-state index in [9.17, 15) is 4.79 Å². The van der Waals surface area contributed by atoms with Gasteiger partial charge in [0, 0.05) is 11.6 Å². The van der Waals surface area contributed by atoms with Gasteiger partial charge in [-0.15, -0.1) is 0 Å². The van der Waals surface area contributed by atoms with Crippen LogP contribution in [0.1, 0.15) is 24.3 Å². The monoisotopic (exact) mass is 209 g/mol. The Hall–Kier alpha value is -1.02. The number of nitrogens with one attached hydrogen (secondary N) is 1. The molecule has 1 N–H and O–H groups in total. The summed E-state index contributed by atoms with van der Waals surface area (Å²) in [5.74, 6) is 0.112. The van der Waals surface area contributed by atoms with E-state index in [0.29, 0.717) is 5.02 Å². The molecule has 1 amide bonds. The normalized spacial score (nSPS) is 21.8. The summed E-state index contributed by atoms with van der Waals surface area (Å²) in [4.78, 5) is 11.6. The third kappa shape index (κ3) is 1.90. The van der Waals surface area contributed by atoms with Crippen LogP contribution in [0.4, 0.5) is 0 Å². The first-order valence-corrected chi connectivity index (χ1v) is 5.18. The highest BCUT2D eigenvalue weighted by molar-refractivity contribution is 6.30. The lowest BCUT2D eigenvalue weighted by Crippen LogP contribution is -2.34. The summed E-state index contributed by atoms with van der Waals surface area (Å²) in [5, 5.41) is 3.56. The molecule has 1 unspecified atom stereocenters. The largest absolute Gasteiger partial charge is 0.356 e. The molecule has 2 nitrogen and oxygen atoms in total. The number of hydrogen-bond donors (Lipinski definition) is 1. The van der Waals surface area contributed by atoms with E-state index in [4.69, 9.17) is 11.6 Å². The number of halogens is 1. The molecule has 1 aromatic carbocycles. The molecule has 3 heteroatoms. The molecule has 1 fully saturated rings. The number of amides is 1. The summed E-state index contributed by atoms with van der Waals surface area (Å²) in [6, 6.07) is 7.55. The van der Waals surface area contributed by atoms with Crippen LogP contribution in [0.2, 0.25) is 5.02 Å². The summed E-state index contributed by atoms with van der Waals surface area (Å²) in [5.41, 5.74) is 1.02. The molecule has 1 atom stereocenters. The molecular formula is C11H12ClNO. The number of rotatable bonds is 1. The highest BCUT2D eigenvalue weighted by Crippen LogP contribution is 2.25. The maximum Gasteiger partial charge on any atom is 0.227 e. The van der Waals surface area contributed by atoms with Gasteiger partial charge in [0.25, 0.3) is 0 Å². The topological polar surface area (TPSA) is 29.1 Å². The Labute approximate surface area is 88.3 Å². The van der Waals surface area contributed by atoms with Crippen LogP contribution in [0.25, 0.3) is 0 Å². The molecule has 14 heavy (non-hydrogen) atoms. The van der Waals surface area contributed by atoms with Gasteiger partial charge in [0.1, 0.15) is 0 Å². The van der Waals surface area contributed by atoms with E-state index in [1.807, 2.05) is 24.3 Å². The molecule has 1 aromatic rings. The lowest BCUT2D eigenvalue weighted by molar-refractivity contribution is -0.123. The van der Waals surface area contributed by atoms with E-state index in [0.717, 1.165) is 24.9 Å². The van der Waals surface area contributed by atoms with Crippen molar-refractivity contribution in [1.29, 1.82) is 0 Å². The van der Waals surface area contributed by atoms with Crippen LogP contribution in [-0.4, -0.2) is 12.5 Å². The quantitative estimate of drug-likeness (QED) is 0.756. The second-order valence-electron chi connectivity index (χ2n) is 3.54. The summed E-state index contributed by atoms with van der Waals surface area (Å²) in [6.07, 6.45) is 1.97. The molecule has 74 valence electrons. The van der Waals surface area contributed by atoms with Crippen LogP contribution >= 0.6 is 11.6 Å². The summed E-state index contributed by atoms with van der Waals surface area (Å²) < 4.78 is 0.